The first-order chi connectivity index (χ1) is 16.1. The van der Waals surface area contributed by atoms with Crippen molar-refractivity contribution in [3.8, 4) is 5.75 Å². The Labute approximate surface area is 189 Å². The van der Waals surface area contributed by atoms with Crippen molar-refractivity contribution < 1.29 is 18.7 Å². The number of hydrogen-bond acceptors (Lipinski definition) is 4. The average molecular weight is 438 g/mol. The number of halogens is 1. The van der Waals surface area contributed by atoms with E-state index in [2.05, 4.69) is 5.32 Å². The Balaban J connectivity index is 1.70. The molecule has 1 N–H and O–H groups in total. The van der Waals surface area contributed by atoms with Crippen LogP contribution in [0.4, 0.5) is 15.8 Å². The predicted molar refractivity (Wildman–Crippen MR) is 126 cm³/mol. The predicted octanol–water partition coefficient (Wildman–Crippen LogP) is 5.38. The van der Waals surface area contributed by atoms with Crippen LogP contribution in [0.15, 0.2) is 96.7 Å². The smallest absolute Gasteiger partial charge is 0.282 e. The number of anilines is 2. The number of imide groups is 1. The number of carbonyl (C=O) groups is 2. The lowest BCUT2D eigenvalue weighted by Gasteiger charge is -2.16. The van der Waals surface area contributed by atoms with E-state index >= 15 is 0 Å². The van der Waals surface area contributed by atoms with Gasteiger partial charge in [-0.2, -0.15) is 0 Å². The molecular weight excluding hydrogens is 419 g/mol. The number of methoxy groups -OCH3 is 1. The molecule has 0 unspecified atom stereocenters. The molecule has 6 heteroatoms. The molecule has 0 saturated heterocycles. The van der Waals surface area contributed by atoms with Crippen LogP contribution < -0.4 is 15.0 Å². The SMILES string of the molecule is COc1ccccc1C1=C(Nc2cccc3ccccc23)C(=O)N(c2cccc(F)c2)C1=O. The second kappa shape index (κ2) is 8.24. The molecule has 0 aromatic heterocycles. The number of para-hydroxylation sites is 1. The number of fused-ring (bicyclic) bond motifs is 1. The van der Waals surface area contributed by atoms with E-state index in [9.17, 15) is 14.0 Å². The van der Waals surface area contributed by atoms with E-state index < -0.39 is 17.6 Å². The van der Waals surface area contributed by atoms with Gasteiger partial charge in [-0.3, -0.25) is 9.59 Å². The molecule has 0 atom stereocenters. The van der Waals surface area contributed by atoms with E-state index in [-0.39, 0.29) is 17.0 Å². The number of rotatable bonds is 5. The molecule has 5 rings (SSSR count). The van der Waals surface area contributed by atoms with Crippen molar-refractivity contribution in [2.24, 2.45) is 0 Å². The van der Waals surface area contributed by atoms with Crippen LogP contribution in [-0.2, 0) is 9.59 Å². The minimum Gasteiger partial charge on any atom is -0.496 e. The van der Waals surface area contributed by atoms with Crippen molar-refractivity contribution in [2.45, 2.75) is 0 Å². The zero-order chi connectivity index (χ0) is 22.9. The van der Waals surface area contributed by atoms with Crippen molar-refractivity contribution in [1.29, 1.82) is 0 Å². The fourth-order valence-corrected chi connectivity index (χ4v) is 4.07. The van der Waals surface area contributed by atoms with Crippen LogP contribution in [0.1, 0.15) is 5.56 Å². The highest BCUT2D eigenvalue weighted by Gasteiger charge is 2.41. The number of ether oxygens (including phenoxy) is 1. The molecule has 0 aliphatic carbocycles. The summed E-state index contributed by atoms with van der Waals surface area (Å²) >= 11 is 0. The Kier molecular flexibility index (Phi) is 5.11. The van der Waals surface area contributed by atoms with Crippen molar-refractivity contribution in [3.63, 3.8) is 0 Å². The van der Waals surface area contributed by atoms with Gasteiger partial charge in [-0.25, -0.2) is 9.29 Å². The van der Waals surface area contributed by atoms with Gasteiger partial charge >= 0.3 is 0 Å². The van der Waals surface area contributed by atoms with E-state index in [1.807, 2.05) is 42.5 Å². The highest BCUT2D eigenvalue weighted by molar-refractivity contribution is 6.46. The minimum absolute atomic E-state index is 0.102. The monoisotopic (exact) mass is 438 g/mol. The maximum Gasteiger partial charge on any atom is 0.282 e. The third-order valence-electron chi connectivity index (χ3n) is 5.58. The molecule has 162 valence electrons. The fraction of sp³-hybridized carbons (Fsp3) is 0.0370. The molecule has 1 heterocycles. The van der Waals surface area contributed by atoms with Crippen LogP contribution in [0.25, 0.3) is 16.3 Å². The number of nitrogens with zero attached hydrogens (tertiary/aromatic N) is 1. The summed E-state index contributed by atoms with van der Waals surface area (Å²) in [5.74, 6) is -1.22. The zero-order valence-corrected chi connectivity index (χ0v) is 17.7. The van der Waals surface area contributed by atoms with Gasteiger partial charge in [0.2, 0.25) is 0 Å². The molecule has 0 fully saturated rings. The second-order valence-electron chi connectivity index (χ2n) is 7.53. The van der Waals surface area contributed by atoms with Crippen LogP contribution >= 0.6 is 0 Å². The number of amides is 2. The van der Waals surface area contributed by atoms with Crippen LogP contribution in [-0.4, -0.2) is 18.9 Å². The van der Waals surface area contributed by atoms with Crippen LogP contribution in [0, 0.1) is 5.82 Å². The summed E-state index contributed by atoms with van der Waals surface area (Å²) in [6, 6.07) is 25.8. The van der Waals surface area contributed by atoms with Crippen molar-refractivity contribution in [1.82, 2.24) is 0 Å². The lowest BCUT2D eigenvalue weighted by atomic mass is 10.0. The van der Waals surface area contributed by atoms with Crippen molar-refractivity contribution in [3.05, 3.63) is 108 Å². The van der Waals surface area contributed by atoms with Crippen LogP contribution in [0.2, 0.25) is 0 Å². The zero-order valence-electron chi connectivity index (χ0n) is 17.7. The van der Waals surface area contributed by atoms with E-state index in [1.165, 1.54) is 25.3 Å². The molecule has 1 aliphatic rings. The maximum absolute atomic E-state index is 13.9. The van der Waals surface area contributed by atoms with Crippen LogP contribution in [0.3, 0.4) is 0 Å². The highest BCUT2D eigenvalue weighted by atomic mass is 19.1. The molecule has 2 amide bonds. The van der Waals surface area contributed by atoms with E-state index in [1.54, 1.807) is 24.3 Å². The van der Waals surface area contributed by atoms with E-state index in [4.69, 9.17) is 4.74 Å². The van der Waals surface area contributed by atoms with E-state index in [0.717, 1.165) is 21.7 Å². The van der Waals surface area contributed by atoms with Gasteiger partial charge in [0.1, 0.15) is 17.3 Å². The Morgan fingerprint density at radius 1 is 0.818 bits per heavy atom. The van der Waals surface area contributed by atoms with Gasteiger partial charge in [-0.05, 0) is 35.7 Å². The number of hydrogen-bond donors (Lipinski definition) is 1. The van der Waals surface area contributed by atoms with Gasteiger partial charge in [0, 0.05) is 16.6 Å². The summed E-state index contributed by atoms with van der Waals surface area (Å²) in [4.78, 5) is 28.1. The largest absolute Gasteiger partial charge is 0.496 e. The molecule has 5 nitrogen and oxygen atoms in total. The van der Waals surface area contributed by atoms with Crippen molar-refractivity contribution >= 4 is 39.5 Å². The quantitative estimate of drug-likeness (QED) is 0.425. The Morgan fingerprint density at radius 3 is 2.36 bits per heavy atom. The standard InChI is InChI=1S/C27H19FN2O3/c1-33-23-15-5-4-13-21(23)24-25(29-22-14-6-9-17-8-2-3-12-20(17)22)27(32)30(26(24)31)19-11-7-10-18(28)16-19/h2-16,29H,1H3. The van der Waals surface area contributed by atoms with Crippen molar-refractivity contribution in [2.75, 3.05) is 17.3 Å². The summed E-state index contributed by atoms with van der Waals surface area (Å²) in [6.07, 6.45) is 0. The molecule has 4 aromatic carbocycles. The van der Waals surface area contributed by atoms with Gasteiger partial charge < -0.3 is 10.1 Å². The fourth-order valence-electron chi connectivity index (χ4n) is 4.07. The molecule has 0 spiro atoms. The van der Waals surface area contributed by atoms with Crippen LogP contribution in [0.5, 0.6) is 5.75 Å². The third kappa shape index (κ3) is 3.51. The molecule has 0 bridgehead atoms. The summed E-state index contributed by atoms with van der Waals surface area (Å²) < 4.78 is 19.4. The molecule has 33 heavy (non-hydrogen) atoms. The molecule has 1 aliphatic heterocycles. The molecule has 4 aromatic rings. The van der Waals surface area contributed by atoms with Gasteiger partial charge in [0.25, 0.3) is 11.8 Å². The summed E-state index contributed by atoms with van der Waals surface area (Å²) in [5.41, 5.74) is 1.57. The maximum atomic E-state index is 13.9. The first-order valence-corrected chi connectivity index (χ1v) is 10.4. The topological polar surface area (TPSA) is 58.6 Å². The Hall–Kier alpha value is -4.45. The summed E-state index contributed by atoms with van der Waals surface area (Å²) in [7, 11) is 1.50. The van der Waals surface area contributed by atoms with Gasteiger partial charge in [-0.15, -0.1) is 0 Å². The Morgan fingerprint density at radius 2 is 1.55 bits per heavy atom. The Bertz CT molecular complexity index is 1440. The number of carbonyl (C=O) groups excluding carboxylic acids is 2. The average Bonchev–Trinajstić information content (AvgIpc) is 3.08. The van der Waals surface area contributed by atoms with Gasteiger partial charge in [-0.1, -0.05) is 60.7 Å². The summed E-state index contributed by atoms with van der Waals surface area (Å²) in [6.45, 7) is 0. The number of benzene rings is 4. The molecular formula is C27H19FN2O3. The normalized spacial score (nSPS) is 13.7. The lowest BCUT2D eigenvalue weighted by molar-refractivity contribution is -0.120. The first-order valence-electron chi connectivity index (χ1n) is 10.4. The molecule has 0 radical (unpaired) electrons. The van der Waals surface area contributed by atoms with Gasteiger partial charge in [0.05, 0.1) is 18.4 Å². The minimum atomic E-state index is -0.570. The first kappa shape index (κ1) is 20.5. The second-order valence-corrected chi connectivity index (χ2v) is 7.53. The highest BCUT2D eigenvalue weighted by Crippen LogP contribution is 2.38. The molecule has 0 saturated carbocycles. The number of nitrogens with one attached hydrogen (secondary N) is 1. The van der Waals surface area contributed by atoms with Gasteiger partial charge in [0.15, 0.2) is 0 Å². The third-order valence-corrected chi connectivity index (χ3v) is 5.58. The van der Waals surface area contributed by atoms with E-state index in [0.29, 0.717) is 17.0 Å². The lowest BCUT2D eigenvalue weighted by Crippen LogP contribution is -2.32. The summed E-state index contributed by atoms with van der Waals surface area (Å²) in [5, 5.41) is 5.08.